The van der Waals surface area contributed by atoms with E-state index in [0.717, 1.165) is 5.56 Å². The van der Waals surface area contributed by atoms with Gasteiger partial charge in [0.2, 0.25) is 11.8 Å². The number of nitrogens with one attached hydrogen (secondary N) is 2. The van der Waals surface area contributed by atoms with Crippen LogP contribution in [0.1, 0.15) is 46.8 Å². The van der Waals surface area contributed by atoms with Crippen LogP contribution in [-0.4, -0.2) is 22.9 Å². The second-order valence-corrected chi connectivity index (χ2v) is 6.21. The number of hydrogen-bond donors (Lipinski definition) is 3. The number of rotatable bonds is 7. The second kappa shape index (κ2) is 8.53. The van der Waals surface area contributed by atoms with Gasteiger partial charge in [0.05, 0.1) is 19.0 Å². The first-order valence-electron chi connectivity index (χ1n) is 7.88. The molecule has 1 unspecified atom stereocenters. The standard InChI is InChI=1S/C18H19ClN2O5/c1-10-15(18(24)25)7-14(26-10)9-20-17(23)8-16(21-11(2)22)12-3-5-13(19)6-4-12/h3-7,16H,8-9H2,1-2H3,(H,20,23)(H,21,22)(H,24,25). The summed E-state index contributed by atoms with van der Waals surface area (Å²) < 4.78 is 5.31. The Hall–Kier alpha value is -2.80. The van der Waals surface area contributed by atoms with Crippen LogP contribution in [0.3, 0.4) is 0 Å². The number of hydrogen-bond acceptors (Lipinski definition) is 4. The van der Waals surface area contributed by atoms with E-state index in [4.69, 9.17) is 21.1 Å². The predicted octanol–water partition coefficient (Wildman–Crippen LogP) is 2.82. The van der Waals surface area contributed by atoms with Gasteiger partial charge in [0.15, 0.2) is 0 Å². The van der Waals surface area contributed by atoms with E-state index in [0.29, 0.717) is 10.8 Å². The van der Waals surface area contributed by atoms with Crippen LogP contribution in [0.5, 0.6) is 0 Å². The topological polar surface area (TPSA) is 109 Å². The summed E-state index contributed by atoms with van der Waals surface area (Å²) in [7, 11) is 0. The Morgan fingerprint density at radius 3 is 2.42 bits per heavy atom. The molecule has 0 aliphatic heterocycles. The number of carbonyl (C=O) groups is 3. The summed E-state index contributed by atoms with van der Waals surface area (Å²) >= 11 is 5.86. The van der Waals surface area contributed by atoms with Gasteiger partial charge in [0.25, 0.3) is 0 Å². The van der Waals surface area contributed by atoms with Crippen molar-refractivity contribution in [1.29, 1.82) is 0 Å². The Morgan fingerprint density at radius 1 is 1.23 bits per heavy atom. The molecule has 138 valence electrons. The maximum Gasteiger partial charge on any atom is 0.339 e. The Kier molecular flexibility index (Phi) is 6.41. The molecule has 0 spiro atoms. The number of carbonyl (C=O) groups excluding carboxylic acids is 2. The Balaban J connectivity index is 2.00. The molecule has 0 saturated heterocycles. The van der Waals surface area contributed by atoms with E-state index in [-0.39, 0.29) is 36.1 Å². The molecule has 1 atom stereocenters. The molecular formula is C18H19ClN2O5. The van der Waals surface area contributed by atoms with Crippen LogP contribution < -0.4 is 10.6 Å². The molecule has 0 aliphatic carbocycles. The van der Waals surface area contributed by atoms with Gasteiger partial charge in [-0.15, -0.1) is 0 Å². The highest BCUT2D eigenvalue weighted by atomic mass is 35.5. The van der Waals surface area contributed by atoms with Crippen LogP contribution in [-0.2, 0) is 16.1 Å². The fourth-order valence-corrected chi connectivity index (χ4v) is 2.61. The van der Waals surface area contributed by atoms with Crippen molar-refractivity contribution < 1.29 is 23.9 Å². The minimum Gasteiger partial charge on any atom is -0.478 e. The molecule has 0 saturated carbocycles. The third-order valence-corrected chi connectivity index (χ3v) is 3.95. The highest BCUT2D eigenvalue weighted by Gasteiger charge is 2.18. The van der Waals surface area contributed by atoms with Gasteiger partial charge in [-0.1, -0.05) is 23.7 Å². The van der Waals surface area contributed by atoms with Gasteiger partial charge in [-0.05, 0) is 30.7 Å². The second-order valence-electron chi connectivity index (χ2n) is 5.77. The van der Waals surface area contributed by atoms with E-state index in [2.05, 4.69) is 10.6 Å². The Morgan fingerprint density at radius 2 is 1.88 bits per heavy atom. The minimum atomic E-state index is -1.09. The zero-order valence-corrected chi connectivity index (χ0v) is 15.1. The third-order valence-electron chi connectivity index (χ3n) is 3.70. The number of amides is 2. The van der Waals surface area contributed by atoms with E-state index < -0.39 is 12.0 Å². The summed E-state index contributed by atoms with van der Waals surface area (Å²) in [5.41, 5.74) is 0.813. The van der Waals surface area contributed by atoms with Crippen molar-refractivity contribution in [1.82, 2.24) is 10.6 Å². The Labute approximate surface area is 155 Å². The SMILES string of the molecule is CC(=O)NC(CC(=O)NCc1cc(C(=O)O)c(C)o1)c1ccc(Cl)cc1. The lowest BCUT2D eigenvalue weighted by molar-refractivity contribution is -0.123. The monoisotopic (exact) mass is 378 g/mol. The molecule has 2 rings (SSSR count). The summed E-state index contributed by atoms with van der Waals surface area (Å²) in [5, 5.41) is 15.0. The molecule has 0 bridgehead atoms. The molecule has 0 fully saturated rings. The number of carboxylic acids is 1. The molecule has 1 heterocycles. The smallest absolute Gasteiger partial charge is 0.339 e. The maximum atomic E-state index is 12.2. The maximum absolute atomic E-state index is 12.2. The molecule has 1 aromatic carbocycles. The fraction of sp³-hybridized carbons (Fsp3) is 0.278. The van der Waals surface area contributed by atoms with Crippen molar-refractivity contribution >= 4 is 29.4 Å². The summed E-state index contributed by atoms with van der Waals surface area (Å²) in [6.45, 7) is 2.97. The van der Waals surface area contributed by atoms with Crippen molar-refractivity contribution in [2.45, 2.75) is 32.9 Å². The van der Waals surface area contributed by atoms with Crippen molar-refractivity contribution in [3.05, 3.63) is 58.0 Å². The Bertz CT molecular complexity index is 813. The van der Waals surface area contributed by atoms with Crippen LogP contribution in [0.4, 0.5) is 0 Å². The van der Waals surface area contributed by atoms with Gasteiger partial charge < -0.3 is 20.2 Å². The van der Waals surface area contributed by atoms with E-state index >= 15 is 0 Å². The van der Waals surface area contributed by atoms with Gasteiger partial charge in [-0.2, -0.15) is 0 Å². The summed E-state index contributed by atoms with van der Waals surface area (Å²) in [4.78, 5) is 34.7. The zero-order valence-electron chi connectivity index (χ0n) is 14.3. The molecular weight excluding hydrogens is 360 g/mol. The van der Waals surface area contributed by atoms with Gasteiger partial charge in [-0.3, -0.25) is 9.59 Å². The fourth-order valence-electron chi connectivity index (χ4n) is 2.48. The van der Waals surface area contributed by atoms with Crippen molar-refractivity contribution in [3.8, 4) is 0 Å². The lowest BCUT2D eigenvalue weighted by atomic mass is 10.0. The van der Waals surface area contributed by atoms with E-state index in [1.165, 1.54) is 13.0 Å². The highest BCUT2D eigenvalue weighted by Crippen LogP contribution is 2.20. The molecule has 0 radical (unpaired) electrons. The summed E-state index contributed by atoms with van der Waals surface area (Å²) in [6, 6.07) is 7.72. The molecule has 3 N–H and O–H groups in total. The van der Waals surface area contributed by atoms with Gasteiger partial charge in [0.1, 0.15) is 17.1 Å². The molecule has 0 aliphatic rings. The molecule has 2 amide bonds. The quantitative estimate of drug-likeness (QED) is 0.686. The van der Waals surface area contributed by atoms with Gasteiger partial charge >= 0.3 is 5.97 Å². The first kappa shape index (κ1) is 19.5. The number of aryl methyl sites for hydroxylation is 1. The minimum absolute atomic E-state index is 0.0205. The van der Waals surface area contributed by atoms with Crippen molar-refractivity contribution in [2.24, 2.45) is 0 Å². The summed E-state index contributed by atoms with van der Waals surface area (Å²) in [5.74, 6) is -1.04. The number of benzene rings is 1. The van der Waals surface area contributed by atoms with Crippen LogP contribution in [0, 0.1) is 6.92 Å². The number of carboxylic acid groups (broad SMARTS) is 1. The third kappa shape index (κ3) is 5.35. The molecule has 8 heteroatoms. The summed E-state index contributed by atoms with van der Waals surface area (Å²) in [6.07, 6.45) is 0.0205. The predicted molar refractivity (Wildman–Crippen MR) is 94.9 cm³/mol. The van der Waals surface area contributed by atoms with E-state index in [1.54, 1.807) is 31.2 Å². The van der Waals surface area contributed by atoms with Gasteiger partial charge in [0, 0.05) is 11.9 Å². The first-order chi connectivity index (χ1) is 12.3. The van der Waals surface area contributed by atoms with E-state index in [9.17, 15) is 14.4 Å². The highest BCUT2D eigenvalue weighted by molar-refractivity contribution is 6.30. The van der Waals surface area contributed by atoms with Gasteiger partial charge in [-0.25, -0.2) is 4.79 Å². The van der Waals surface area contributed by atoms with E-state index in [1.807, 2.05) is 0 Å². The van der Waals surface area contributed by atoms with Crippen LogP contribution in [0.15, 0.2) is 34.7 Å². The van der Waals surface area contributed by atoms with Crippen LogP contribution in [0.25, 0.3) is 0 Å². The van der Waals surface area contributed by atoms with Crippen molar-refractivity contribution in [2.75, 3.05) is 0 Å². The van der Waals surface area contributed by atoms with Crippen molar-refractivity contribution in [3.63, 3.8) is 0 Å². The number of halogens is 1. The van der Waals surface area contributed by atoms with Crippen LogP contribution >= 0.6 is 11.6 Å². The van der Waals surface area contributed by atoms with Crippen LogP contribution in [0.2, 0.25) is 5.02 Å². The largest absolute Gasteiger partial charge is 0.478 e. The number of furan rings is 1. The lowest BCUT2D eigenvalue weighted by Crippen LogP contribution is -2.32. The number of aromatic carboxylic acids is 1. The molecule has 7 nitrogen and oxygen atoms in total. The average molecular weight is 379 g/mol. The normalized spacial score (nSPS) is 11.7. The molecule has 2 aromatic rings. The molecule has 26 heavy (non-hydrogen) atoms. The first-order valence-corrected chi connectivity index (χ1v) is 8.26. The average Bonchev–Trinajstić information content (AvgIpc) is 2.94. The zero-order chi connectivity index (χ0) is 19.3. The molecule has 1 aromatic heterocycles. The lowest BCUT2D eigenvalue weighted by Gasteiger charge is -2.18.